The molecule has 0 atom stereocenters. The molecule has 0 aliphatic heterocycles. The van der Waals surface area contributed by atoms with Crippen molar-refractivity contribution in [1.29, 1.82) is 0 Å². The summed E-state index contributed by atoms with van der Waals surface area (Å²) in [5, 5.41) is 9.28. The molecule has 9 nitrogen and oxygen atoms in total. The summed E-state index contributed by atoms with van der Waals surface area (Å²) < 4.78 is 34.7. The lowest BCUT2D eigenvalue weighted by molar-refractivity contribution is -0.148. The highest BCUT2D eigenvalue weighted by Crippen LogP contribution is 2.34. The maximum Gasteiger partial charge on any atom is 0.302 e. The fourth-order valence-corrected chi connectivity index (χ4v) is 5.61. The van der Waals surface area contributed by atoms with E-state index in [1.54, 1.807) is 42.6 Å². The van der Waals surface area contributed by atoms with Crippen molar-refractivity contribution in [2.45, 2.75) is 49.6 Å². The molecular weight excluding hydrogens is 418 g/mol. The standard InChI is InChI=1S/C21H21N5O4S/c1-14(27)30-16-9-7-15(8-10-16)26-20-18-11-12-25(21(18)22-13-19(20)23-24-26)31(28,29)17-5-3-2-4-6-17/h2-6,11-13,15-16H,7-10H2,1H3. The molecule has 0 radical (unpaired) electrons. The zero-order chi connectivity index (χ0) is 21.6. The van der Waals surface area contributed by atoms with Gasteiger partial charge in [0.15, 0.2) is 5.65 Å². The van der Waals surface area contributed by atoms with Gasteiger partial charge in [-0.25, -0.2) is 22.1 Å². The predicted molar refractivity (Wildman–Crippen MR) is 113 cm³/mol. The van der Waals surface area contributed by atoms with Crippen LogP contribution in [0.1, 0.15) is 38.6 Å². The lowest BCUT2D eigenvalue weighted by Gasteiger charge is -2.28. The predicted octanol–water partition coefficient (Wildman–Crippen LogP) is 3.06. The summed E-state index contributed by atoms with van der Waals surface area (Å²) in [7, 11) is -3.77. The molecule has 1 saturated carbocycles. The van der Waals surface area contributed by atoms with Gasteiger partial charge in [-0.15, -0.1) is 5.10 Å². The summed E-state index contributed by atoms with van der Waals surface area (Å²) in [5.74, 6) is -0.261. The Balaban J connectivity index is 1.55. The fourth-order valence-electron chi connectivity index (χ4n) is 4.29. The third kappa shape index (κ3) is 3.36. The van der Waals surface area contributed by atoms with Crippen molar-refractivity contribution in [3.8, 4) is 0 Å². The third-order valence-electron chi connectivity index (χ3n) is 5.73. The second-order valence-electron chi connectivity index (χ2n) is 7.73. The number of esters is 1. The van der Waals surface area contributed by atoms with Gasteiger partial charge in [0.1, 0.15) is 17.1 Å². The molecule has 10 heteroatoms. The molecule has 3 heterocycles. The highest BCUT2D eigenvalue weighted by atomic mass is 32.2. The van der Waals surface area contributed by atoms with Crippen LogP contribution in [-0.2, 0) is 19.6 Å². The number of aromatic nitrogens is 5. The number of pyridine rings is 1. The van der Waals surface area contributed by atoms with Crippen LogP contribution < -0.4 is 0 Å². The van der Waals surface area contributed by atoms with Gasteiger partial charge in [-0.2, -0.15) is 0 Å². The summed E-state index contributed by atoms with van der Waals surface area (Å²) >= 11 is 0. The summed E-state index contributed by atoms with van der Waals surface area (Å²) in [6.45, 7) is 1.43. The number of hydrogen-bond acceptors (Lipinski definition) is 7. The van der Waals surface area contributed by atoms with Gasteiger partial charge in [-0.1, -0.05) is 23.4 Å². The molecule has 0 amide bonds. The van der Waals surface area contributed by atoms with E-state index in [0.29, 0.717) is 16.6 Å². The van der Waals surface area contributed by atoms with Crippen LogP contribution in [0.25, 0.3) is 22.1 Å². The van der Waals surface area contributed by atoms with E-state index in [4.69, 9.17) is 4.74 Å². The lowest BCUT2D eigenvalue weighted by Crippen LogP contribution is -2.25. The number of rotatable bonds is 4. The molecule has 5 rings (SSSR count). The largest absolute Gasteiger partial charge is 0.463 e. The Labute approximate surface area is 178 Å². The van der Waals surface area contributed by atoms with E-state index < -0.39 is 10.0 Å². The molecule has 3 aromatic heterocycles. The van der Waals surface area contributed by atoms with Gasteiger partial charge in [0, 0.05) is 18.5 Å². The second-order valence-corrected chi connectivity index (χ2v) is 9.55. The molecule has 1 aromatic carbocycles. The summed E-state index contributed by atoms with van der Waals surface area (Å²) in [6, 6.07) is 10.1. The van der Waals surface area contributed by atoms with Crippen molar-refractivity contribution in [2.24, 2.45) is 0 Å². The van der Waals surface area contributed by atoms with Gasteiger partial charge in [-0.3, -0.25) is 4.79 Å². The van der Waals surface area contributed by atoms with E-state index in [2.05, 4.69) is 15.3 Å². The Bertz CT molecular complexity index is 1370. The van der Waals surface area contributed by atoms with Crippen LogP contribution in [0, 0.1) is 0 Å². The Morgan fingerprint density at radius 1 is 1.10 bits per heavy atom. The molecule has 0 N–H and O–H groups in total. The summed E-state index contributed by atoms with van der Waals surface area (Å²) in [6.07, 6.45) is 6.11. The smallest absolute Gasteiger partial charge is 0.302 e. The van der Waals surface area contributed by atoms with Crippen LogP contribution in [0.5, 0.6) is 0 Å². The summed E-state index contributed by atoms with van der Waals surface area (Å²) in [5.41, 5.74) is 1.72. The molecule has 0 unspecified atom stereocenters. The van der Waals surface area contributed by atoms with Crippen LogP contribution >= 0.6 is 0 Å². The van der Waals surface area contributed by atoms with Crippen molar-refractivity contribution in [2.75, 3.05) is 0 Å². The zero-order valence-corrected chi connectivity index (χ0v) is 17.7. The van der Waals surface area contributed by atoms with Crippen molar-refractivity contribution in [3.05, 3.63) is 48.8 Å². The average molecular weight is 439 g/mol. The summed E-state index contributed by atoms with van der Waals surface area (Å²) in [4.78, 5) is 15.8. The van der Waals surface area contributed by atoms with E-state index in [0.717, 1.165) is 31.2 Å². The van der Waals surface area contributed by atoms with Gasteiger partial charge < -0.3 is 4.74 Å². The van der Waals surface area contributed by atoms with Crippen molar-refractivity contribution >= 4 is 38.1 Å². The van der Waals surface area contributed by atoms with Gasteiger partial charge in [0.25, 0.3) is 10.0 Å². The topological polar surface area (TPSA) is 109 Å². The maximum atomic E-state index is 13.1. The highest BCUT2D eigenvalue weighted by molar-refractivity contribution is 7.90. The van der Waals surface area contributed by atoms with E-state index in [1.807, 2.05) is 4.68 Å². The van der Waals surface area contributed by atoms with E-state index >= 15 is 0 Å². The first-order chi connectivity index (χ1) is 14.9. The van der Waals surface area contributed by atoms with Gasteiger partial charge in [0.05, 0.1) is 17.1 Å². The minimum atomic E-state index is -3.77. The van der Waals surface area contributed by atoms with Crippen molar-refractivity contribution < 1.29 is 17.9 Å². The van der Waals surface area contributed by atoms with Crippen LogP contribution in [0.15, 0.2) is 53.7 Å². The Morgan fingerprint density at radius 3 is 2.55 bits per heavy atom. The number of carbonyl (C=O) groups is 1. The number of hydrogen-bond donors (Lipinski definition) is 0. The highest BCUT2D eigenvalue weighted by Gasteiger charge is 2.28. The molecule has 160 valence electrons. The van der Waals surface area contributed by atoms with Gasteiger partial charge in [-0.05, 0) is 43.9 Å². The first-order valence-electron chi connectivity index (χ1n) is 10.1. The fraction of sp³-hybridized carbons (Fsp3) is 0.333. The normalized spacial score (nSPS) is 19.6. The Hall–Kier alpha value is -3.27. The lowest BCUT2D eigenvalue weighted by atomic mass is 9.93. The minimum absolute atomic E-state index is 0.0673. The first-order valence-corrected chi connectivity index (χ1v) is 11.6. The van der Waals surface area contributed by atoms with E-state index in [-0.39, 0.29) is 23.0 Å². The van der Waals surface area contributed by atoms with E-state index in [1.165, 1.54) is 17.1 Å². The van der Waals surface area contributed by atoms with Crippen LogP contribution in [0.2, 0.25) is 0 Å². The number of ether oxygens (including phenoxy) is 1. The Morgan fingerprint density at radius 2 is 1.84 bits per heavy atom. The number of benzene rings is 1. The molecule has 0 bridgehead atoms. The monoisotopic (exact) mass is 439 g/mol. The van der Waals surface area contributed by atoms with E-state index in [9.17, 15) is 13.2 Å². The first kappa shape index (κ1) is 19.7. The molecule has 4 aromatic rings. The third-order valence-corrected chi connectivity index (χ3v) is 7.41. The molecule has 1 aliphatic rings. The van der Waals surface area contributed by atoms with Crippen molar-refractivity contribution in [1.82, 2.24) is 24.0 Å². The van der Waals surface area contributed by atoms with Crippen LogP contribution in [0.3, 0.4) is 0 Å². The van der Waals surface area contributed by atoms with Gasteiger partial charge >= 0.3 is 5.97 Å². The quantitative estimate of drug-likeness (QED) is 0.450. The maximum absolute atomic E-state index is 13.1. The van der Waals surface area contributed by atoms with Crippen LogP contribution in [-0.4, -0.2) is 44.4 Å². The Kier molecular flexibility index (Phi) is 4.73. The van der Waals surface area contributed by atoms with Gasteiger partial charge in [0.2, 0.25) is 0 Å². The number of nitrogens with zero attached hydrogens (tertiary/aromatic N) is 5. The number of fused-ring (bicyclic) bond motifs is 3. The molecule has 31 heavy (non-hydrogen) atoms. The molecule has 0 saturated heterocycles. The molecular formula is C21H21N5O4S. The SMILES string of the molecule is CC(=O)OC1CCC(n2nnc3cnc4c(ccn4S(=O)(=O)c4ccccc4)c32)CC1. The average Bonchev–Trinajstić information content (AvgIpc) is 3.39. The molecule has 1 fully saturated rings. The minimum Gasteiger partial charge on any atom is -0.463 e. The van der Waals surface area contributed by atoms with Crippen LogP contribution in [0.4, 0.5) is 0 Å². The zero-order valence-electron chi connectivity index (χ0n) is 16.9. The number of carbonyl (C=O) groups excluding carboxylic acids is 1. The molecule has 1 aliphatic carbocycles. The van der Waals surface area contributed by atoms with Crippen molar-refractivity contribution in [3.63, 3.8) is 0 Å². The molecule has 0 spiro atoms. The second kappa shape index (κ2) is 7.45.